The first kappa shape index (κ1) is 15.6. The summed E-state index contributed by atoms with van der Waals surface area (Å²) in [5.41, 5.74) is 3.21. The molecular formula is C21H21N3O. The van der Waals surface area contributed by atoms with Crippen molar-refractivity contribution in [1.82, 2.24) is 15.1 Å². The maximum absolute atomic E-state index is 12.5. The van der Waals surface area contributed by atoms with E-state index in [1.54, 1.807) is 6.20 Å². The number of benzene rings is 2. The van der Waals surface area contributed by atoms with Gasteiger partial charge in [-0.05, 0) is 48.1 Å². The van der Waals surface area contributed by atoms with Gasteiger partial charge in [0.15, 0.2) is 0 Å². The maximum atomic E-state index is 12.5. The molecule has 1 saturated carbocycles. The molecule has 1 amide bonds. The zero-order valence-electron chi connectivity index (χ0n) is 14.0. The van der Waals surface area contributed by atoms with Gasteiger partial charge in [0.05, 0.1) is 18.2 Å². The normalized spacial score (nSPS) is 14.9. The Morgan fingerprint density at radius 3 is 2.48 bits per heavy atom. The number of carbonyl (C=O) groups is 1. The number of aromatic nitrogens is 2. The fraction of sp³-hybridized carbons (Fsp3) is 0.238. The lowest BCUT2D eigenvalue weighted by Crippen LogP contribution is -2.31. The fourth-order valence-electron chi connectivity index (χ4n) is 3.16. The Bertz CT molecular complexity index is 821. The van der Waals surface area contributed by atoms with E-state index in [4.69, 9.17) is 0 Å². The van der Waals surface area contributed by atoms with Gasteiger partial charge in [0.1, 0.15) is 0 Å². The summed E-state index contributed by atoms with van der Waals surface area (Å²) >= 11 is 0. The number of nitrogens with one attached hydrogen (secondary N) is 1. The van der Waals surface area contributed by atoms with E-state index in [1.165, 1.54) is 18.4 Å². The van der Waals surface area contributed by atoms with Crippen LogP contribution in [0.15, 0.2) is 73.1 Å². The highest BCUT2D eigenvalue weighted by Gasteiger charge is 2.33. The Morgan fingerprint density at radius 1 is 1.08 bits per heavy atom. The number of hydrogen-bond donors (Lipinski definition) is 1. The van der Waals surface area contributed by atoms with Crippen LogP contribution in [-0.2, 0) is 11.2 Å². The van der Waals surface area contributed by atoms with Crippen molar-refractivity contribution in [2.75, 3.05) is 0 Å². The summed E-state index contributed by atoms with van der Waals surface area (Å²) in [6.07, 6.45) is 6.44. The van der Waals surface area contributed by atoms with Crippen LogP contribution in [0.4, 0.5) is 0 Å². The summed E-state index contributed by atoms with van der Waals surface area (Å²) in [4.78, 5) is 12.5. The van der Waals surface area contributed by atoms with E-state index < -0.39 is 0 Å². The van der Waals surface area contributed by atoms with Crippen molar-refractivity contribution < 1.29 is 4.79 Å². The zero-order chi connectivity index (χ0) is 17.1. The molecule has 4 heteroatoms. The van der Waals surface area contributed by atoms with Crippen LogP contribution >= 0.6 is 0 Å². The number of nitrogens with zero attached hydrogens (tertiary/aromatic N) is 2. The molecule has 0 saturated heterocycles. The molecule has 25 heavy (non-hydrogen) atoms. The van der Waals surface area contributed by atoms with E-state index in [1.807, 2.05) is 59.4 Å². The zero-order valence-corrected chi connectivity index (χ0v) is 14.0. The van der Waals surface area contributed by atoms with E-state index in [9.17, 15) is 4.79 Å². The van der Waals surface area contributed by atoms with Gasteiger partial charge < -0.3 is 5.32 Å². The summed E-state index contributed by atoms with van der Waals surface area (Å²) in [5.74, 6) is 0.654. The fourth-order valence-corrected chi connectivity index (χ4v) is 3.16. The van der Waals surface area contributed by atoms with Crippen LogP contribution < -0.4 is 5.32 Å². The molecule has 0 bridgehead atoms. The average molecular weight is 331 g/mol. The van der Waals surface area contributed by atoms with Crippen molar-refractivity contribution in [3.63, 3.8) is 0 Å². The summed E-state index contributed by atoms with van der Waals surface area (Å²) in [6.45, 7) is 0. The van der Waals surface area contributed by atoms with Crippen LogP contribution in [0.3, 0.4) is 0 Å². The van der Waals surface area contributed by atoms with Crippen molar-refractivity contribution in [2.24, 2.45) is 5.92 Å². The van der Waals surface area contributed by atoms with Crippen LogP contribution in [0.5, 0.6) is 0 Å². The summed E-state index contributed by atoms with van der Waals surface area (Å²) < 4.78 is 1.81. The van der Waals surface area contributed by atoms with Gasteiger partial charge in [0.2, 0.25) is 5.91 Å². The molecule has 1 aliphatic rings. The van der Waals surface area contributed by atoms with Crippen molar-refractivity contribution in [2.45, 2.75) is 25.3 Å². The van der Waals surface area contributed by atoms with Gasteiger partial charge in [-0.15, -0.1) is 0 Å². The monoisotopic (exact) mass is 331 g/mol. The smallest absolute Gasteiger partial charge is 0.224 e. The molecule has 1 N–H and O–H groups in total. The van der Waals surface area contributed by atoms with Crippen molar-refractivity contribution >= 4 is 5.91 Å². The van der Waals surface area contributed by atoms with Gasteiger partial charge >= 0.3 is 0 Å². The third kappa shape index (κ3) is 3.79. The molecule has 3 aromatic rings. The van der Waals surface area contributed by atoms with E-state index in [-0.39, 0.29) is 11.9 Å². The Morgan fingerprint density at radius 2 is 1.84 bits per heavy atom. The largest absolute Gasteiger partial charge is 0.349 e. The lowest BCUT2D eigenvalue weighted by Gasteiger charge is -2.19. The molecule has 1 heterocycles. The Kier molecular flexibility index (Phi) is 4.34. The lowest BCUT2D eigenvalue weighted by molar-refractivity contribution is -0.121. The van der Waals surface area contributed by atoms with Gasteiger partial charge in [-0.25, -0.2) is 4.68 Å². The minimum absolute atomic E-state index is 0.0765. The Balaban J connectivity index is 1.41. The molecule has 4 nitrogen and oxygen atoms in total. The topological polar surface area (TPSA) is 46.9 Å². The first-order chi connectivity index (χ1) is 12.3. The molecule has 1 fully saturated rings. The van der Waals surface area contributed by atoms with Gasteiger partial charge in [0, 0.05) is 12.4 Å². The van der Waals surface area contributed by atoms with Crippen molar-refractivity contribution in [1.29, 1.82) is 0 Å². The number of hydrogen-bond acceptors (Lipinski definition) is 2. The number of rotatable bonds is 6. The van der Waals surface area contributed by atoms with Crippen LogP contribution in [0.1, 0.15) is 30.0 Å². The molecule has 4 rings (SSSR count). The number of carbonyl (C=O) groups excluding carboxylic acids is 1. The van der Waals surface area contributed by atoms with Gasteiger partial charge in [-0.1, -0.05) is 42.5 Å². The van der Waals surface area contributed by atoms with Gasteiger partial charge in [-0.2, -0.15) is 5.10 Å². The number of amides is 1. The molecule has 126 valence electrons. The minimum atomic E-state index is 0.0765. The Hall–Kier alpha value is -2.88. The minimum Gasteiger partial charge on any atom is -0.349 e. The molecule has 2 aromatic carbocycles. The molecule has 0 radical (unpaired) electrons. The molecule has 1 atom stereocenters. The maximum Gasteiger partial charge on any atom is 0.224 e. The highest BCUT2D eigenvalue weighted by atomic mass is 16.1. The van der Waals surface area contributed by atoms with Crippen LogP contribution in [-0.4, -0.2) is 15.7 Å². The van der Waals surface area contributed by atoms with Crippen LogP contribution in [0.25, 0.3) is 5.69 Å². The molecule has 1 aliphatic carbocycles. The van der Waals surface area contributed by atoms with E-state index >= 15 is 0 Å². The SMILES string of the molecule is O=C(Cc1ccc(-n2cccn2)cc1)NC(c1ccccc1)C1CC1. The summed E-state index contributed by atoms with van der Waals surface area (Å²) in [6, 6.07) is 20.3. The van der Waals surface area contributed by atoms with Gasteiger partial charge in [-0.3, -0.25) is 4.79 Å². The second-order valence-electron chi connectivity index (χ2n) is 6.59. The summed E-state index contributed by atoms with van der Waals surface area (Å²) in [7, 11) is 0. The molecular weight excluding hydrogens is 310 g/mol. The van der Waals surface area contributed by atoms with E-state index in [2.05, 4.69) is 22.5 Å². The highest BCUT2D eigenvalue weighted by molar-refractivity contribution is 5.79. The van der Waals surface area contributed by atoms with Gasteiger partial charge in [0.25, 0.3) is 0 Å². The van der Waals surface area contributed by atoms with Crippen LogP contribution in [0, 0.1) is 5.92 Å². The lowest BCUT2D eigenvalue weighted by atomic mass is 10.0. The van der Waals surface area contributed by atoms with E-state index in [0.717, 1.165) is 11.3 Å². The highest BCUT2D eigenvalue weighted by Crippen LogP contribution is 2.40. The predicted octanol–water partition coefficient (Wildman–Crippen LogP) is 3.68. The third-order valence-electron chi connectivity index (χ3n) is 4.64. The molecule has 0 aliphatic heterocycles. The van der Waals surface area contributed by atoms with E-state index in [0.29, 0.717) is 12.3 Å². The average Bonchev–Trinajstić information content (AvgIpc) is 3.34. The van der Waals surface area contributed by atoms with Crippen LogP contribution in [0.2, 0.25) is 0 Å². The second kappa shape index (κ2) is 6.93. The molecule has 1 unspecified atom stereocenters. The van der Waals surface area contributed by atoms with Crippen molar-refractivity contribution in [3.05, 3.63) is 84.2 Å². The first-order valence-corrected chi connectivity index (χ1v) is 8.73. The van der Waals surface area contributed by atoms with Crippen molar-refractivity contribution in [3.8, 4) is 5.69 Å². The predicted molar refractivity (Wildman–Crippen MR) is 97.3 cm³/mol. The Labute approximate surface area is 147 Å². The third-order valence-corrected chi connectivity index (χ3v) is 4.64. The first-order valence-electron chi connectivity index (χ1n) is 8.73. The summed E-state index contributed by atoms with van der Waals surface area (Å²) in [5, 5.41) is 7.44. The standard InChI is InChI=1S/C21H21N3O/c25-20(23-21(18-9-10-18)17-5-2-1-3-6-17)15-16-7-11-19(12-8-16)24-14-4-13-22-24/h1-8,11-14,18,21H,9-10,15H2,(H,23,25). The quantitative estimate of drug-likeness (QED) is 0.749. The molecule has 0 spiro atoms. The second-order valence-corrected chi connectivity index (χ2v) is 6.59. The molecule has 1 aromatic heterocycles.